The second-order valence-electron chi connectivity index (χ2n) is 6.18. The van der Waals surface area contributed by atoms with Gasteiger partial charge >= 0.3 is 5.97 Å². The van der Waals surface area contributed by atoms with E-state index in [0.717, 1.165) is 18.4 Å². The van der Waals surface area contributed by atoms with E-state index >= 15 is 0 Å². The first-order chi connectivity index (χ1) is 9.81. The van der Waals surface area contributed by atoms with Gasteiger partial charge in [-0.25, -0.2) is 4.79 Å². The molecule has 2 rings (SSSR count). The van der Waals surface area contributed by atoms with Crippen LogP contribution in [0, 0.1) is 11.8 Å². The molecule has 0 atom stereocenters. The maximum Gasteiger partial charge on any atom is 0.342 e. The van der Waals surface area contributed by atoms with Crippen molar-refractivity contribution >= 4 is 5.97 Å². The third-order valence-corrected chi connectivity index (χ3v) is 4.63. The van der Waals surface area contributed by atoms with Gasteiger partial charge in [0.2, 0.25) is 0 Å². The lowest BCUT2D eigenvalue weighted by Gasteiger charge is -2.22. The minimum Gasteiger partial charge on any atom is -0.462 e. The second-order valence-corrected chi connectivity index (χ2v) is 6.18. The summed E-state index contributed by atoms with van der Waals surface area (Å²) in [6.07, 6.45) is 14.7. The Morgan fingerprint density at radius 3 is 2.25 bits per heavy atom. The van der Waals surface area contributed by atoms with Gasteiger partial charge in [-0.3, -0.25) is 0 Å². The van der Waals surface area contributed by atoms with Gasteiger partial charge in [0.25, 0.3) is 0 Å². The molecular weight excluding hydrogens is 248 g/mol. The van der Waals surface area contributed by atoms with Crippen molar-refractivity contribution < 1.29 is 9.53 Å². The zero-order valence-electron chi connectivity index (χ0n) is 12.8. The SMILES string of the molecule is CCOC(=O)C(=C=CC1CCCCC1)C1CCCCC1. The third-order valence-electron chi connectivity index (χ3n) is 4.63. The number of carbonyl (C=O) groups is 1. The average molecular weight is 276 g/mol. The molecule has 2 nitrogen and oxygen atoms in total. The normalized spacial score (nSPS) is 21.1. The van der Waals surface area contributed by atoms with Crippen LogP contribution in [0.3, 0.4) is 0 Å². The quantitative estimate of drug-likeness (QED) is 0.419. The van der Waals surface area contributed by atoms with E-state index in [1.54, 1.807) is 0 Å². The van der Waals surface area contributed by atoms with Crippen LogP contribution in [0.4, 0.5) is 0 Å². The Labute approximate surface area is 123 Å². The van der Waals surface area contributed by atoms with E-state index in [9.17, 15) is 4.79 Å². The minimum absolute atomic E-state index is 0.133. The molecule has 2 aliphatic carbocycles. The number of hydrogen-bond acceptors (Lipinski definition) is 2. The lowest BCUT2D eigenvalue weighted by atomic mass is 9.83. The lowest BCUT2D eigenvalue weighted by Crippen LogP contribution is -2.18. The Hall–Kier alpha value is -1.01. The Balaban J connectivity index is 2.10. The van der Waals surface area contributed by atoms with Gasteiger partial charge in [-0.2, -0.15) is 0 Å². The molecule has 0 aromatic rings. The van der Waals surface area contributed by atoms with Crippen LogP contribution in [0.25, 0.3) is 0 Å². The van der Waals surface area contributed by atoms with Crippen LogP contribution in [0.15, 0.2) is 17.4 Å². The van der Waals surface area contributed by atoms with Crippen LogP contribution in [0.2, 0.25) is 0 Å². The summed E-state index contributed by atoms with van der Waals surface area (Å²) in [5.74, 6) is 0.867. The van der Waals surface area contributed by atoms with Crippen molar-refractivity contribution in [3.05, 3.63) is 17.4 Å². The molecular formula is C18H28O2. The molecule has 0 aromatic heterocycles. The molecule has 0 saturated heterocycles. The van der Waals surface area contributed by atoms with Gasteiger partial charge in [0.1, 0.15) is 0 Å². The summed E-state index contributed by atoms with van der Waals surface area (Å²) in [5.41, 5.74) is 4.18. The van der Waals surface area contributed by atoms with Crippen LogP contribution < -0.4 is 0 Å². The number of esters is 1. The molecule has 0 unspecified atom stereocenters. The summed E-state index contributed by atoms with van der Waals surface area (Å²) in [6, 6.07) is 0. The molecule has 0 aliphatic heterocycles. The Kier molecular flexibility index (Phi) is 6.39. The van der Waals surface area contributed by atoms with Crippen molar-refractivity contribution in [3.63, 3.8) is 0 Å². The van der Waals surface area contributed by atoms with Gasteiger partial charge in [0, 0.05) is 0 Å². The fourth-order valence-corrected chi connectivity index (χ4v) is 3.45. The molecule has 0 aromatic carbocycles. The summed E-state index contributed by atoms with van der Waals surface area (Å²) < 4.78 is 5.24. The first kappa shape index (κ1) is 15.4. The number of hydrogen-bond donors (Lipinski definition) is 0. The topological polar surface area (TPSA) is 26.3 Å². The number of ether oxygens (including phenoxy) is 1. The first-order valence-electron chi connectivity index (χ1n) is 8.45. The molecule has 20 heavy (non-hydrogen) atoms. The fraction of sp³-hybridized carbons (Fsp3) is 0.778. The predicted octanol–water partition coefficient (Wildman–Crippen LogP) is 4.79. The molecule has 0 N–H and O–H groups in total. The minimum atomic E-state index is -0.133. The van der Waals surface area contributed by atoms with Gasteiger partial charge in [-0.15, -0.1) is 5.73 Å². The highest BCUT2D eigenvalue weighted by molar-refractivity contribution is 5.88. The van der Waals surface area contributed by atoms with Crippen molar-refractivity contribution in [2.45, 2.75) is 71.1 Å². The summed E-state index contributed by atoms with van der Waals surface area (Å²) in [7, 11) is 0. The van der Waals surface area contributed by atoms with Crippen molar-refractivity contribution in [2.24, 2.45) is 11.8 Å². The maximum atomic E-state index is 12.2. The molecule has 0 bridgehead atoms. The Bertz CT molecular complexity index is 365. The monoisotopic (exact) mass is 276 g/mol. The van der Waals surface area contributed by atoms with E-state index in [4.69, 9.17) is 4.74 Å². The van der Waals surface area contributed by atoms with Gasteiger partial charge in [-0.05, 0) is 50.5 Å². The Morgan fingerprint density at radius 1 is 1.05 bits per heavy atom. The highest BCUT2D eigenvalue weighted by Gasteiger charge is 2.24. The molecule has 0 spiro atoms. The van der Waals surface area contributed by atoms with Crippen molar-refractivity contribution in [3.8, 4) is 0 Å². The molecule has 0 heterocycles. The zero-order valence-corrected chi connectivity index (χ0v) is 12.8. The van der Waals surface area contributed by atoms with Gasteiger partial charge in [-0.1, -0.05) is 38.5 Å². The predicted molar refractivity (Wildman–Crippen MR) is 81.4 cm³/mol. The molecule has 112 valence electrons. The van der Waals surface area contributed by atoms with Crippen molar-refractivity contribution in [1.82, 2.24) is 0 Å². The molecule has 2 fully saturated rings. The van der Waals surface area contributed by atoms with Crippen LogP contribution in [0.1, 0.15) is 71.1 Å². The lowest BCUT2D eigenvalue weighted by molar-refractivity contribution is -0.139. The standard InChI is InChI=1S/C18H28O2/c1-2-20-18(19)17(16-11-7-4-8-12-16)14-13-15-9-5-3-6-10-15/h13,15-16H,2-12H2,1H3. The van der Waals surface area contributed by atoms with E-state index in [0.29, 0.717) is 18.4 Å². The third kappa shape index (κ3) is 4.52. The van der Waals surface area contributed by atoms with E-state index < -0.39 is 0 Å². The van der Waals surface area contributed by atoms with Gasteiger partial charge in [0.05, 0.1) is 12.2 Å². The summed E-state index contributed by atoms with van der Waals surface area (Å²) in [6.45, 7) is 2.33. The van der Waals surface area contributed by atoms with Gasteiger partial charge < -0.3 is 4.74 Å². The maximum absolute atomic E-state index is 12.2. The fourth-order valence-electron chi connectivity index (χ4n) is 3.45. The largest absolute Gasteiger partial charge is 0.462 e. The Morgan fingerprint density at radius 2 is 1.65 bits per heavy atom. The van der Waals surface area contributed by atoms with Crippen LogP contribution in [-0.2, 0) is 9.53 Å². The molecule has 2 heteroatoms. The van der Waals surface area contributed by atoms with Crippen LogP contribution >= 0.6 is 0 Å². The van der Waals surface area contributed by atoms with E-state index in [2.05, 4.69) is 11.8 Å². The second kappa shape index (κ2) is 8.32. The number of carbonyl (C=O) groups excluding carboxylic acids is 1. The molecule has 2 saturated carbocycles. The average Bonchev–Trinajstić information content (AvgIpc) is 2.50. The van der Waals surface area contributed by atoms with Crippen LogP contribution in [0.5, 0.6) is 0 Å². The smallest absolute Gasteiger partial charge is 0.342 e. The summed E-state index contributed by atoms with van der Waals surface area (Å²) in [5, 5.41) is 0. The molecule has 0 amide bonds. The van der Waals surface area contributed by atoms with Crippen molar-refractivity contribution in [2.75, 3.05) is 6.61 Å². The van der Waals surface area contributed by atoms with Crippen molar-refractivity contribution in [1.29, 1.82) is 0 Å². The first-order valence-corrected chi connectivity index (χ1v) is 8.45. The van der Waals surface area contributed by atoms with E-state index in [1.165, 1.54) is 51.4 Å². The zero-order chi connectivity index (χ0) is 14.2. The molecule has 0 radical (unpaired) electrons. The summed E-state index contributed by atoms with van der Waals surface area (Å²) in [4.78, 5) is 12.2. The van der Waals surface area contributed by atoms with E-state index in [-0.39, 0.29) is 5.97 Å². The summed E-state index contributed by atoms with van der Waals surface area (Å²) >= 11 is 0. The molecule has 2 aliphatic rings. The number of rotatable bonds is 4. The van der Waals surface area contributed by atoms with Gasteiger partial charge in [0.15, 0.2) is 0 Å². The highest BCUT2D eigenvalue weighted by atomic mass is 16.5. The van der Waals surface area contributed by atoms with E-state index in [1.807, 2.05) is 6.92 Å². The van der Waals surface area contributed by atoms with Crippen LogP contribution in [-0.4, -0.2) is 12.6 Å². The highest BCUT2D eigenvalue weighted by Crippen LogP contribution is 2.30.